The molecule has 0 heterocycles. The van der Waals surface area contributed by atoms with Crippen LogP contribution in [0.4, 0.5) is 10.5 Å². The van der Waals surface area contributed by atoms with Crippen molar-refractivity contribution in [2.75, 3.05) is 5.32 Å². The van der Waals surface area contributed by atoms with Crippen molar-refractivity contribution in [2.45, 2.75) is 19.8 Å². The number of halogens is 1. The summed E-state index contributed by atoms with van der Waals surface area (Å²) in [7, 11) is 0. The number of carbonyl (C=O) groups excluding carboxylic acids is 2. The van der Waals surface area contributed by atoms with Gasteiger partial charge in [-0.3, -0.25) is 10.2 Å². The van der Waals surface area contributed by atoms with E-state index in [9.17, 15) is 14.7 Å². The maximum atomic E-state index is 11.7. The Hall–Kier alpha value is -2.73. The third-order valence-corrected chi connectivity index (χ3v) is 3.73. The number of aryl methyl sites for hydroxylation is 2. The van der Waals surface area contributed by atoms with Gasteiger partial charge in [0.25, 0.3) is 0 Å². The first-order valence-electron chi connectivity index (χ1n) is 7.34. The van der Waals surface area contributed by atoms with E-state index in [0.29, 0.717) is 17.1 Å². The summed E-state index contributed by atoms with van der Waals surface area (Å²) in [6, 6.07) is 11.1. The molecule has 126 valence electrons. The molecule has 2 rings (SSSR count). The van der Waals surface area contributed by atoms with Crippen LogP contribution in [0.3, 0.4) is 0 Å². The minimum Gasteiger partial charge on any atom is -0.508 e. The fraction of sp³-hybridized carbons (Fsp3) is 0.176. The number of hydrazine groups is 1. The fourth-order valence-corrected chi connectivity index (χ4v) is 2.11. The summed E-state index contributed by atoms with van der Waals surface area (Å²) < 4.78 is 0. The van der Waals surface area contributed by atoms with E-state index in [4.69, 9.17) is 11.6 Å². The Bertz CT molecular complexity index is 732. The molecule has 7 heteroatoms. The van der Waals surface area contributed by atoms with Crippen molar-refractivity contribution in [1.82, 2.24) is 10.9 Å². The van der Waals surface area contributed by atoms with Crippen LogP contribution >= 0.6 is 11.6 Å². The van der Waals surface area contributed by atoms with Gasteiger partial charge in [-0.05, 0) is 54.8 Å². The number of anilines is 1. The topological polar surface area (TPSA) is 90.5 Å². The quantitative estimate of drug-likeness (QED) is 0.640. The van der Waals surface area contributed by atoms with Crippen LogP contribution in [0.1, 0.15) is 17.5 Å². The molecule has 2 aromatic carbocycles. The summed E-state index contributed by atoms with van der Waals surface area (Å²) in [5, 5.41) is 12.4. The van der Waals surface area contributed by atoms with Gasteiger partial charge in [0, 0.05) is 17.1 Å². The van der Waals surface area contributed by atoms with Crippen molar-refractivity contribution >= 4 is 29.2 Å². The smallest absolute Gasteiger partial charge is 0.337 e. The summed E-state index contributed by atoms with van der Waals surface area (Å²) >= 11 is 5.91. The average Bonchev–Trinajstić information content (AvgIpc) is 2.56. The van der Waals surface area contributed by atoms with E-state index >= 15 is 0 Å². The van der Waals surface area contributed by atoms with Crippen LogP contribution in [0.15, 0.2) is 42.5 Å². The van der Waals surface area contributed by atoms with Crippen LogP contribution in [0.25, 0.3) is 0 Å². The number of benzene rings is 2. The molecule has 6 nitrogen and oxygen atoms in total. The first-order valence-corrected chi connectivity index (χ1v) is 7.72. The third kappa shape index (κ3) is 5.48. The minimum absolute atomic E-state index is 0.180. The van der Waals surface area contributed by atoms with E-state index in [0.717, 1.165) is 11.1 Å². The molecule has 0 aliphatic carbocycles. The zero-order chi connectivity index (χ0) is 17.5. The van der Waals surface area contributed by atoms with Crippen molar-refractivity contribution < 1.29 is 14.7 Å². The van der Waals surface area contributed by atoms with E-state index in [1.165, 1.54) is 0 Å². The highest BCUT2D eigenvalue weighted by atomic mass is 35.5. The van der Waals surface area contributed by atoms with Crippen LogP contribution in [-0.2, 0) is 11.2 Å². The van der Waals surface area contributed by atoms with E-state index in [1.807, 2.05) is 6.92 Å². The van der Waals surface area contributed by atoms with Gasteiger partial charge in [0.2, 0.25) is 5.91 Å². The van der Waals surface area contributed by atoms with Crippen LogP contribution in [0.2, 0.25) is 5.02 Å². The molecule has 0 aromatic heterocycles. The minimum atomic E-state index is -0.547. The first kappa shape index (κ1) is 17.6. The molecule has 0 aliphatic rings. The predicted octanol–water partition coefficient (Wildman–Crippen LogP) is 3.14. The zero-order valence-electron chi connectivity index (χ0n) is 13.1. The maximum Gasteiger partial charge on any atom is 0.337 e. The second kappa shape index (κ2) is 8.21. The van der Waals surface area contributed by atoms with E-state index in [2.05, 4.69) is 16.2 Å². The summed E-state index contributed by atoms with van der Waals surface area (Å²) in [5.41, 5.74) is 6.96. The van der Waals surface area contributed by atoms with Crippen molar-refractivity contribution in [1.29, 1.82) is 0 Å². The van der Waals surface area contributed by atoms with Gasteiger partial charge in [-0.2, -0.15) is 0 Å². The molecule has 0 fully saturated rings. The number of carbonyl (C=O) groups is 2. The van der Waals surface area contributed by atoms with E-state index in [-0.39, 0.29) is 18.1 Å². The Balaban J connectivity index is 1.73. The zero-order valence-corrected chi connectivity index (χ0v) is 13.9. The Morgan fingerprint density at radius 3 is 2.46 bits per heavy atom. The highest BCUT2D eigenvalue weighted by Crippen LogP contribution is 2.19. The second-order valence-corrected chi connectivity index (χ2v) is 5.66. The molecular weight excluding hydrogens is 330 g/mol. The Kier molecular flexibility index (Phi) is 6.03. The Morgan fingerprint density at radius 2 is 1.79 bits per heavy atom. The maximum absolute atomic E-state index is 11.7. The lowest BCUT2D eigenvalue weighted by atomic mass is 10.1. The van der Waals surface area contributed by atoms with Crippen LogP contribution < -0.4 is 16.2 Å². The largest absolute Gasteiger partial charge is 0.508 e. The molecule has 24 heavy (non-hydrogen) atoms. The Morgan fingerprint density at radius 1 is 1.08 bits per heavy atom. The van der Waals surface area contributed by atoms with Gasteiger partial charge in [0.1, 0.15) is 5.75 Å². The van der Waals surface area contributed by atoms with Gasteiger partial charge < -0.3 is 10.4 Å². The molecule has 0 saturated heterocycles. The van der Waals surface area contributed by atoms with Crippen LogP contribution in [0, 0.1) is 6.92 Å². The lowest BCUT2D eigenvalue weighted by Gasteiger charge is -2.10. The fourth-order valence-electron chi connectivity index (χ4n) is 1.99. The molecule has 0 radical (unpaired) electrons. The van der Waals surface area contributed by atoms with Crippen LogP contribution in [0.5, 0.6) is 5.75 Å². The van der Waals surface area contributed by atoms with Gasteiger partial charge in [0.05, 0.1) is 0 Å². The van der Waals surface area contributed by atoms with Gasteiger partial charge in [0.15, 0.2) is 0 Å². The van der Waals surface area contributed by atoms with Gasteiger partial charge in [-0.25, -0.2) is 10.2 Å². The second-order valence-electron chi connectivity index (χ2n) is 5.26. The van der Waals surface area contributed by atoms with E-state index < -0.39 is 6.03 Å². The lowest BCUT2D eigenvalue weighted by molar-refractivity contribution is -0.121. The van der Waals surface area contributed by atoms with Gasteiger partial charge in [-0.1, -0.05) is 23.7 Å². The molecule has 3 amide bonds. The van der Waals surface area contributed by atoms with Crippen molar-refractivity contribution in [2.24, 2.45) is 0 Å². The average molecular weight is 348 g/mol. The predicted molar refractivity (Wildman–Crippen MR) is 92.9 cm³/mol. The standard InChI is InChI=1S/C17H18ClN3O3/c1-11-10-13(5-8-15(11)18)19-17(24)21-20-16(23)9-4-12-2-6-14(22)7-3-12/h2-3,5-8,10,22H,4,9H2,1H3,(H,20,23)(H2,19,21,24). The molecular formula is C17H18ClN3O3. The van der Waals surface area contributed by atoms with Gasteiger partial charge in [-0.15, -0.1) is 0 Å². The highest BCUT2D eigenvalue weighted by molar-refractivity contribution is 6.31. The number of phenolic OH excluding ortho intramolecular Hbond substituents is 1. The molecule has 2 aromatic rings. The number of urea groups is 1. The number of hydrogen-bond acceptors (Lipinski definition) is 3. The summed E-state index contributed by atoms with van der Waals surface area (Å²) in [4.78, 5) is 23.4. The molecule has 0 atom stereocenters. The number of amides is 3. The molecule has 0 spiro atoms. The molecule has 0 bridgehead atoms. The first-order chi connectivity index (χ1) is 11.4. The third-order valence-electron chi connectivity index (χ3n) is 3.31. The summed E-state index contributed by atoms with van der Waals surface area (Å²) in [6.07, 6.45) is 0.719. The number of aromatic hydroxyl groups is 1. The van der Waals surface area contributed by atoms with Crippen molar-refractivity contribution in [3.05, 3.63) is 58.6 Å². The van der Waals surface area contributed by atoms with Crippen molar-refractivity contribution in [3.8, 4) is 5.75 Å². The number of hydrogen-bond donors (Lipinski definition) is 4. The summed E-state index contributed by atoms with van der Waals surface area (Å²) in [6.45, 7) is 1.83. The monoisotopic (exact) mass is 347 g/mol. The molecule has 0 saturated carbocycles. The number of nitrogens with one attached hydrogen (secondary N) is 3. The summed E-state index contributed by atoms with van der Waals surface area (Å²) in [5.74, 6) is -0.135. The van der Waals surface area contributed by atoms with E-state index in [1.54, 1.807) is 42.5 Å². The van der Waals surface area contributed by atoms with Crippen LogP contribution in [-0.4, -0.2) is 17.0 Å². The Labute approximate surface area is 144 Å². The highest BCUT2D eigenvalue weighted by Gasteiger charge is 2.06. The SMILES string of the molecule is Cc1cc(NC(=O)NNC(=O)CCc2ccc(O)cc2)ccc1Cl. The molecule has 0 unspecified atom stereocenters. The number of phenols is 1. The van der Waals surface area contributed by atoms with Gasteiger partial charge >= 0.3 is 6.03 Å². The number of rotatable bonds is 4. The molecule has 4 N–H and O–H groups in total. The lowest BCUT2D eigenvalue weighted by Crippen LogP contribution is -2.44. The van der Waals surface area contributed by atoms with Crippen molar-refractivity contribution in [3.63, 3.8) is 0 Å². The normalized spacial score (nSPS) is 10.1. The molecule has 0 aliphatic heterocycles.